The Morgan fingerprint density at radius 2 is 2.06 bits per heavy atom. The van der Waals surface area contributed by atoms with E-state index in [0.717, 1.165) is 30.2 Å². The lowest BCUT2D eigenvalue weighted by Gasteiger charge is -2.37. The van der Waals surface area contributed by atoms with Crippen molar-refractivity contribution in [2.24, 2.45) is 5.92 Å². The number of ether oxygens (including phenoxy) is 1. The van der Waals surface area contributed by atoms with Crippen molar-refractivity contribution in [3.05, 3.63) is 62.3 Å². The smallest absolute Gasteiger partial charge is 0.281 e. The van der Waals surface area contributed by atoms with Crippen LogP contribution in [-0.4, -0.2) is 47.0 Å². The van der Waals surface area contributed by atoms with E-state index in [1.807, 2.05) is 5.38 Å². The second-order valence-corrected chi connectivity index (χ2v) is 9.96. The third-order valence-corrected chi connectivity index (χ3v) is 7.66. The monoisotopic (exact) mass is 530 g/mol. The van der Waals surface area contributed by atoms with Crippen LogP contribution in [0.15, 0.2) is 35.3 Å². The Hall–Kier alpha value is -2.21. The van der Waals surface area contributed by atoms with Gasteiger partial charge in [-0.05, 0) is 44.0 Å². The highest BCUT2D eigenvalue weighted by Gasteiger charge is 2.32. The van der Waals surface area contributed by atoms with Crippen molar-refractivity contribution in [1.29, 1.82) is 0 Å². The molecule has 1 N–H and O–H groups in total. The van der Waals surface area contributed by atoms with E-state index in [0.29, 0.717) is 35.7 Å². The lowest BCUT2D eigenvalue weighted by Crippen LogP contribution is -2.43. The van der Waals surface area contributed by atoms with Crippen LogP contribution in [-0.2, 0) is 0 Å². The van der Waals surface area contributed by atoms with Gasteiger partial charge in [-0.1, -0.05) is 29.0 Å². The van der Waals surface area contributed by atoms with Crippen LogP contribution in [0.4, 0.5) is 13.2 Å². The first-order valence-electron chi connectivity index (χ1n) is 10.6. The summed E-state index contributed by atoms with van der Waals surface area (Å²) in [4.78, 5) is 23.1. The molecule has 1 atom stereocenters. The molecule has 1 aliphatic rings. The van der Waals surface area contributed by atoms with E-state index in [9.17, 15) is 18.0 Å². The molecule has 182 valence electrons. The molecule has 1 unspecified atom stereocenters. The van der Waals surface area contributed by atoms with Crippen molar-refractivity contribution >= 4 is 40.2 Å². The number of hydrogen-bond donors (Lipinski definition) is 1. The number of halogens is 4. The predicted molar refractivity (Wildman–Crippen MR) is 125 cm³/mol. The number of likely N-dealkylation sites (tertiary alicyclic amines) is 1. The summed E-state index contributed by atoms with van der Waals surface area (Å²) in [5, 5.41) is 5.15. The molecule has 0 bridgehead atoms. The average Bonchev–Trinajstić information content (AvgIpc) is 3.51. The second-order valence-electron chi connectivity index (χ2n) is 7.81. The number of hydrogen-bond acceptors (Lipinski definition) is 7. The van der Waals surface area contributed by atoms with Crippen LogP contribution in [0.2, 0.25) is 5.02 Å². The van der Waals surface area contributed by atoms with Gasteiger partial charge < -0.3 is 10.1 Å². The van der Waals surface area contributed by atoms with Gasteiger partial charge in [0.15, 0.2) is 0 Å². The molecule has 2 aromatic heterocycles. The fraction of sp³-hybridized carbons (Fsp3) is 0.409. The van der Waals surface area contributed by atoms with Crippen molar-refractivity contribution in [3.63, 3.8) is 0 Å². The summed E-state index contributed by atoms with van der Waals surface area (Å²) in [5.41, 5.74) is 0.829. The highest BCUT2D eigenvalue weighted by atomic mass is 35.5. The number of alkyl halides is 2. The molecule has 1 fully saturated rings. The zero-order valence-electron chi connectivity index (χ0n) is 17.9. The van der Waals surface area contributed by atoms with Gasteiger partial charge >= 0.3 is 0 Å². The number of thiazole rings is 2. The van der Waals surface area contributed by atoms with Gasteiger partial charge in [0.2, 0.25) is 0 Å². The van der Waals surface area contributed by atoms with E-state index in [-0.39, 0.29) is 22.8 Å². The van der Waals surface area contributed by atoms with Crippen LogP contribution in [0.25, 0.3) is 0 Å². The Bertz CT molecular complexity index is 1070. The van der Waals surface area contributed by atoms with Gasteiger partial charge in [-0.3, -0.25) is 9.69 Å². The number of nitrogens with one attached hydrogen (secondary N) is 1. The molecule has 0 spiro atoms. The van der Waals surface area contributed by atoms with Crippen LogP contribution < -0.4 is 10.1 Å². The molecule has 34 heavy (non-hydrogen) atoms. The molecule has 1 saturated heterocycles. The number of aromatic nitrogens is 2. The highest BCUT2D eigenvalue weighted by Crippen LogP contribution is 2.35. The summed E-state index contributed by atoms with van der Waals surface area (Å²) in [7, 11) is 0. The summed E-state index contributed by atoms with van der Waals surface area (Å²) < 4.78 is 47.1. The average molecular weight is 531 g/mol. The van der Waals surface area contributed by atoms with Crippen LogP contribution >= 0.6 is 34.3 Å². The number of nitrogens with zero attached hydrogens (tertiary/aromatic N) is 3. The number of benzene rings is 1. The van der Waals surface area contributed by atoms with Crippen LogP contribution in [0.1, 0.15) is 46.2 Å². The van der Waals surface area contributed by atoms with Crippen molar-refractivity contribution in [2.45, 2.75) is 25.3 Å². The van der Waals surface area contributed by atoms with E-state index in [4.69, 9.17) is 16.3 Å². The molecule has 4 rings (SSSR count). The standard InChI is InChI=1S/C22H22ClF3N4O2S2/c23-14-2-1-3-15(24)17(14)21(31)28-10-16(19-18(20(25)26)29-12-34-19)30-7-4-13(5-8-30)11-32-22-27-6-9-33-22/h1-3,6,9,12-13,16,20H,4-5,7-8,10-11H2,(H,28,31). The first-order chi connectivity index (χ1) is 16.4. The molecular formula is C22H22ClF3N4O2S2. The van der Waals surface area contributed by atoms with Crippen LogP contribution in [0.3, 0.4) is 0 Å². The number of amides is 1. The largest absolute Gasteiger partial charge is 0.470 e. The third-order valence-electron chi connectivity index (χ3n) is 5.72. The summed E-state index contributed by atoms with van der Waals surface area (Å²) in [6.45, 7) is 1.82. The number of carbonyl (C=O) groups excluding carboxylic acids is 1. The minimum atomic E-state index is -2.73. The fourth-order valence-corrected chi connectivity index (χ4v) is 5.64. The quantitative estimate of drug-likeness (QED) is 0.390. The van der Waals surface area contributed by atoms with E-state index < -0.39 is 24.2 Å². The first kappa shape index (κ1) is 24.9. The van der Waals surface area contributed by atoms with Crippen molar-refractivity contribution in [2.75, 3.05) is 26.2 Å². The molecule has 1 aliphatic heterocycles. The zero-order valence-corrected chi connectivity index (χ0v) is 20.3. The topological polar surface area (TPSA) is 67.4 Å². The molecule has 1 aromatic carbocycles. The van der Waals surface area contributed by atoms with Gasteiger partial charge in [0.05, 0.1) is 33.6 Å². The predicted octanol–water partition coefficient (Wildman–Crippen LogP) is 5.59. The lowest BCUT2D eigenvalue weighted by molar-refractivity contribution is 0.0870. The van der Waals surface area contributed by atoms with Crippen molar-refractivity contribution in [3.8, 4) is 5.19 Å². The Labute approximate surface area is 207 Å². The maximum Gasteiger partial charge on any atom is 0.281 e. The lowest BCUT2D eigenvalue weighted by atomic mass is 9.96. The SMILES string of the molecule is O=C(NCC(c1scnc1C(F)F)N1CCC(COc2nccs2)CC1)c1c(F)cccc1Cl. The Morgan fingerprint density at radius 1 is 1.26 bits per heavy atom. The van der Waals surface area contributed by atoms with E-state index in [1.165, 1.54) is 29.0 Å². The fourth-order valence-electron chi connectivity index (χ4n) is 3.96. The summed E-state index contributed by atoms with van der Waals surface area (Å²) in [6.07, 6.45) is 0.561. The second kappa shape index (κ2) is 11.5. The molecule has 6 nitrogen and oxygen atoms in total. The van der Waals surface area contributed by atoms with Crippen molar-refractivity contribution in [1.82, 2.24) is 20.2 Å². The van der Waals surface area contributed by atoms with E-state index >= 15 is 0 Å². The molecular weight excluding hydrogens is 509 g/mol. The van der Waals surface area contributed by atoms with Gasteiger partial charge in [0, 0.05) is 18.1 Å². The molecule has 0 saturated carbocycles. The maximum absolute atomic E-state index is 14.2. The number of carbonyl (C=O) groups is 1. The number of rotatable bonds is 9. The van der Waals surface area contributed by atoms with Crippen molar-refractivity contribution < 1.29 is 22.7 Å². The normalized spacial score (nSPS) is 16.0. The summed E-state index contributed by atoms with van der Waals surface area (Å²) >= 11 is 8.56. The molecule has 12 heteroatoms. The van der Waals surface area contributed by atoms with Gasteiger partial charge in [0.1, 0.15) is 11.5 Å². The molecule has 0 aliphatic carbocycles. The molecule has 0 radical (unpaired) electrons. The number of piperidine rings is 1. The van der Waals surface area contributed by atoms with Gasteiger partial charge in [-0.15, -0.1) is 11.3 Å². The molecule has 3 heterocycles. The van der Waals surface area contributed by atoms with Gasteiger partial charge in [-0.25, -0.2) is 23.1 Å². The molecule has 1 amide bonds. The zero-order chi connectivity index (χ0) is 24.1. The van der Waals surface area contributed by atoms with E-state index in [1.54, 1.807) is 6.20 Å². The third kappa shape index (κ3) is 5.88. The first-order valence-corrected chi connectivity index (χ1v) is 12.8. The van der Waals surface area contributed by atoms with Gasteiger partial charge in [0.25, 0.3) is 17.5 Å². The minimum Gasteiger partial charge on any atom is -0.470 e. The highest BCUT2D eigenvalue weighted by molar-refractivity contribution is 7.11. The summed E-state index contributed by atoms with van der Waals surface area (Å²) in [5.74, 6) is -1.12. The Balaban J connectivity index is 1.44. The minimum absolute atomic E-state index is 0.0128. The van der Waals surface area contributed by atoms with E-state index in [2.05, 4.69) is 20.2 Å². The van der Waals surface area contributed by atoms with Crippen LogP contribution in [0, 0.1) is 11.7 Å². The molecule has 3 aromatic rings. The summed E-state index contributed by atoms with van der Waals surface area (Å²) in [6, 6.07) is 3.46. The Kier molecular flexibility index (Phi) is 8.41. The van der Waals surface area contributed by atoms with Gasteiger partial charge in [-0.2, -0.15) is 0 Å². The maximum atomic E-state index is 14.2. The Morgan fingerprint density at radius 3 is 2.74 bits per heavy atom. The van der Waals surface area contributed by atoms with Crippen LogP contribution in [0.5, 0.6) is 5.19 Å².